The van der Waals surface area contributed by atoms with Crippen LogP contribution >= 0.6 is 0 Å². The van der Waals surface area contributed by atoms with Crippen LogP contribution in [0.15, 0.2) is 22.7 Å². The van der Waals surface area contributed by atoms with Crippen LogP contribution in [0.5, 0.6) is 0 Å². The Morgan fingerprint density at radius 2 is 1.90 bits per heavy atom. The zero-order chi connectivity index (χ0) is 14.1. The molecule has 1 saturated carbocycles. The fourth-order valence-corrected chi connectivity index (χ4v) is 2.55. The molecule has 0 unspecified atom stereocenters. The molecule has 0 spiro atoms. The highest BCUT2D eigenvalue weighted by Crippen LogP contribution is 2.32. The van der Waals surface area contributed by atoms with Gasteiger partial charge in [0, 0.05) is 12.0 Å². The molecule has 4 nitrogen and oxygen atoms in total. The summed E-state index contributed by atoms with van der Waals surface area (Å²) in [6.45, 7) is 0. The van der Waals surface area contributed by atoms with E-state index in [4.69, 9.17) is 10.3 Å². The molecule has 0 radical (unpaired) electrons. The largest absolute Gasteiger partial charge is 0.339 e. The second kappa shape index (κ2) is 5.28. The Kier molecular flexibility index (Phi) is 3.48. The minimum absolute atomic E-state index is 0.0208. The molecule has 0 aliphatic heterocycles. The van der Waals surface area contributed by atoms with Gasteiger partial charge in [-0.3, -0.25) is 0 Å². The van der Waals surface area contributed by atoms with Crippen molar-refractivity contribution in [2.24, 2.45) is 5.73 Å². The molecule has 3 rings (SSSR count). The van der Waals surface area contributed by atoms with Crippen molar-refractivity contribution in [2.75, 3.05) is 0 Å². The molecule has 1 aliphatic rings. The molecule has 0 amide bonds. The smallest absolute Gasteiger partial charge is 0.230 e. The molecular formula is C14H15F2N3O. The van der Waals surface area contributed by atoms with Crippen molar-refractivity contribution in [3.05, 3.63) is 35.7 Å². The summed E-state index contributed by atoms with van der Waals surface area (Å²) in [7, 11) is 0. The minimum atomic E-state index is -0.565. The summed E-state index contributed by atoms with van der Waals surface area (Å²) in [6.07, 6.45) is 3.59. The molecule has 20 heavy (non-hydrogen) atoms. The van der Waals surface area contributed by atoms with Gasteiger partial charge in [-0.2, -0.15) is 4.98 Å². The molecule has 1 aliphatic carbocycles. The summed E-state index contributed by atoms with van der Waals surface area (Å²) in [4.78, 5) is 4.21. The first kappa shape index (κ1) is 13.2. The maximum absolute atomic E-state index is 13.7. The van der Waals surface area contributed by atoms with Crippen LogP contribution in [0.3, 0.4) is 0 Å². The van der Waals surface area contributed by atoms with Crippen LogP contribution in [0.2, 0.25) is 0 Å². The van der Waals surface area contributed by atoms with Crippen LogP contribution < -0.4 is 5.73 Å². The molecule has 0 atom stereocenters. The second-order valence-electron chi connectivity index (χ2n) is 5.19. The first-order valence-electron chi connectivity index (χ1n) is 6.68. The third kappa shape index (κ3) is 2.56. The molecule has 1 aromatic heterocycles. The average molecular weight is 279 g/mol. The Morgan fingerprint density at radius 1 is 1.15 bits per heavy atom. The maximum Gasteiger partial charge on any atom is 0.230 e. The van der Waals surface area contributed by atoms with E-state index in [9.17, 15) is 8.78 Å². The first-order valence-corrected chi connectivity index (χ1v) is 6.68. The van der Waals surface area contributed by atoms with Gasteiger partial charge in [-0.1, -0.05) is 5.16 Å². The van der Waals surface area contributed by atoms with Gasteiger partial charge >= 0.3 is 0 Å². The summed E-state index contributed by atoms with van der Waals surface area (Å²) in [5.41, 5.74) is 5.87. The molecule has 2 aromatic rings. The maximum atomic E-state index is 13.7. The van der Waals surface area contributed by atoms with Gasteiger partial charge < -0.3 is 10.3 Å². The van der Waals surface area contributed by atoms with Crippen LogP contribution in [-0.2, 0) is 0 Å². The predicted octanol–water partition coefficient (Wildman–Crippen LogP) is 3.00. The fraction of sp³-hybridized carbons (Fsp3) is 0.429. The van der Waals surface area contributed by atoms with Crippen LogP contribution in [0.25, 0.3) is 11.4 Å². The van der Waals surface area contributed by atoms with E-state index in [0.29, 0.717) is 5.89 Å². The molecule has 1 heterocycles. The van der Waals surface area contributed by atoms with E-state index < -0.39 is 11.6 Å². The summed E-state index contributed by atoms with van der Waals surface area (Å²) in [6, 6.07) is 3.41. The highest BCUT2D eigenvalue weighted by atomic mass is 19.1. The van der Waals surface area contributed by atoms with E-state index in [0.717, 1.165) is 43.9 Å². The van der Waals surface area contributed by atoms with E-state index in [1.165, 1.54) is 0 Å². The average Bonchev–Trinajstić information content (AvgIpc) is 2.92. The van der Waals surface area contributed by atoms with Gasteiger partial charge in [0.05, 0.1) is 5.56 Å². The molecule has 6 heteroatoms. The predicted molar refractivity (Wildman–Crippen MR) is 68.8 cm³/mol. The number of halogens is 2. The molecule has 1 aromatic carbocycles. The fourth-order valence-electron chi connectivity index (χ4n) is 2.55. The normalized spacial score (nSPS) is 22.9. The van der Waals surface area contributed by atoms with Crippen molar-refractivity contribution in [1.82, 2.24) is 10.1 Å². The topological polar surface area (TPSA) is 64.9 Å². The van der Waals surface area contributed by atoms with Crippen LogP contribution in [0.1, 0.15) is 37.5 Å². The SMILES string of the molecule is NC1CCC(c2nc(-c3cc(F)ccc3F)no2)CC1. The van der Waals surface area contributed by atoms with Gasteiger partial charge in [-0.15, -0.1) is 0 Å². The van der Waals surface area contributed by atoms with E-state index in [1.807, 2.05) is 0 Å². The van der Waals surface area contributed by atoms with E-state index >= 15 is 0 Å². The van der Waals surface area contributed by atoms with Crippen molar-refractivity contribution in [3.63, 3.8) is 0 Å². The minimum Gasteiger partial charge on any atom is -0.339 e. The van der Waals surface area contributed by atoms with E-state index in [2.05, 4.69) is 10.1 Å². The van der Waals surface area contributed by atoms with Crippen molar-refractivity contribution >= 4 is 0 Å². The van der Waals surface area contributed by atoms with E-state index in [-0.39, 0.29) is 23.3 Å². The first-order chi connectivity index (χ1) is 9.63. The summed E-state index contributed by atoms with van der Waals surface area (Å²) < 4.78 is 32.0. The number of nitrogens with zero attached hydrogens (tertiary/aromatic N) is 2. The highest BCUT2D eigenvalue weighted by molar-refractivity contribution is 5.55. The molecule has 2 N–H and O–H groups in total. The van der Waals surface area contributed by atoms with Crippen molar-refractivity contribution < 1.29 is 13.3 Å². The zero-order valence-electron chi connectivity index (χ0n) is 10.9. The standard InChI is InChI=1S/C14H15F2N3O/c15-9-3-6-12(16)11(7-9)13-18-14(20-19-13)8-1-4-10(17)5-2-8/h3,6-8,10H,1-2,4-5,17H2. The lowest BCUT2D eigenvalue weighted by Gasteiger charge is -2.22. The number of rotatable bonds is 2. The third-order valence-corrected chi connectivity index (χ3v) is 3.73. The van der Waals surface area contributed by atoms with E-state index in [1.54, 1.807) is 0 Å². The highest BCUT2D eigenvalue weighted by Gasteiger charge is 2.25. The monoisotopic (exact) mass is 279 g/mol. The summed E-state index contributed by atoms with van der Waals surface area (Å²) in [5, 5.41) is 3.76. The quantitative estimate of drug-likeness (QED) is 0.917. The summed E-state index contributed by atoms with van der Waals surface area (Å²) >= 11 is 0. The van der Waals surface area contributed by atoms with Crippen LogP contribution in [0.4, 0.5) is 8.78 Å². The van der Waals surface area contributed by atoms with Crippen LogP contribution in [0, 0.1) is 11.6 Å². The Morgan fingerprint density at radius 3 is 2.65 bits per heavy atom. The number of benzene rings is 1. The summed E-state index contributed by atoms with van der Waals surface area (Å²) in [5.74, 6) is -0.365. The zero-order valence-corrected chi connectivity index (χ0v) is 10.9. The van der Waals surface area contributed by atoms with Crippen LogP contribution in [-0.4, -0.2) is 16.2 Å². The molecule has 0 bridgehead atoms. The number of aromatic nitrogens is 2. The lowest BCUT2D eigenvalue weighted by atomic mass is 9.86. The lowest BCUT2D eigenvalue weighted by Crippen LogP contribution is -2.25. The molecule has 106 valence electrons. The van der Waals surface area contributed by atoms with Crippen molar-refractivity contribution in [2.45, 2.75) is 37.6 Å². The third-order valence-electron chi connectivity index (χ3n) is 3.73. The van der Waals surface area contributed by atoms with Gasteiger partial charge in [-0.05, 0) is 43.9 Å². The van der Waals surface area contributed by atoms with Gasteiger partial charge in [0.25, 0.3) is 0 Å². The van der Waals surface area contributed by atoms with Gasteiger partial charge in [0.15, 0.2) is 0 Å². The van der Waals surface area contributed by atoms with Crippen molar-refractivity contribution in [1.29, 1.82) is 0 Å². The Labute approximate surface area is 115 Å². The Balaban J connectivity index is 1.85. The Hall–Kier alpha value is -1.82. The van der Waals surface area contributed by atoms with Gasteiger partial charge in [0.2, 0.25) is 11.7 Å². The van der Waals surface area contributed by atoms with Gasteiger partial charge in [0.1, 0.15) is 11.6 Å². The lowest BCUT2D eigenvalue weighted by molar-refractivity contribution is 0.301. The second-order valence-corrected chi connectivity index (χ2v) is 5.19. The Bertz CT molecular complexity index is 606. The molecular weight excluding hydrogens is 264 g/mol. The molecule has 1 fully saturated rings. The number of hydrogen-bond donors (Lipinski definition) is 1. The van der Waals surface area contributed by atoms with Gasteiger partial charge in [-0.25, -0.2) is 8.78 Å². The van der Waals surface area contributed by atoms with Crippen molar-refractivity contribution in [3.8, 4) is 11.4 Å². The number of hydrogen-bond acceptors (Lipinski definition) is 4. The molecule has 0 saturated heterocycles. The number of nitrogens with two attached hydrogens (primary N) is 1.